The van der Waals surface area contributed by atoms with Gasteiger partial charge in [0.2, 0.25) is 65.6 Å². The van der Waals surface area contributed by atoms with E-state index < -0.39 is 237 Å². The number of hydrogen-bond acceptors (Lipinski definition) is 27. The monoisotopic (exact) mass is 1780 g/mol. The number of ether oxygens (including phenoxy) is 7. The Labute approximate surface area is 732 Å². The molecule has 0 saturated carbocycles. The topological polar surface area (TPSA) is 532 Å². The van der Waals surface area contributed by atoms with Crippen LogP contribution in [0.3, 0.4) is 0 Å². The highest BCUT2D eigenvalue weighted by Crippen LogP contribution is 2.50. The van der Waals surface area contributed by atoms with Crippen LogP contribution in [0, 0.1) is 5.92 Å². The number of carbonyl (C=O) groups is 9. The molecule has 672 valence electrons. The van der Waals surface area contributed by atoms with Gasteiger partial charge in [-0.05, 0) is 153 Å². The molecule has 126 heavy (non-hydrogen) atoms. The van der Waals surface area contributed by atoms with Gasteiger partial charge < -0.3 is 137 Å². The number of nitrogens with one attached hydrogen (secondary N) is 9. The van der Waals surface area contributed by atoms with Crippen molar-refractivity contribution in [1.82, 2.24) is 52.8 Å². The lowest BCUT2D eigenvalue weighted by molar-refractivity contribution is -0.241. The number of likely N-dealkylation sites (N-methyl/N-ethyl adjacent to an activating group) is 1. The average molecular weight is 1780 g/mol. The van der Waals surface area contributed by atoms with Crippen LogP contribution >= 0.6 is 23.2 Å². The highest BCUT2D eigenvalue weighted by Gasteiger charge is 2.51. The molecule has 7 unspecified atom stereocenters. The molecule has 2 saturated heterocycles. The van der Waals surface area contributed by atoms with Gasteiger partial charge in [0.1, 0.15) is 113 Å². The molecule has 17 bridgehead atoms. The van der Waals surface area contributed by atoms with Gasteiger partial charge in [-0.1, -0.05) is 112 Å². The number of hydrogen-bond donors (Lipinski definition) is 19. The highest BCUT2D eigenvalue weighted by molar-refractivity contribution is 6.33. The van der Waals surface area contributed by atoms with E-state index in [9.17, 15) is 65.4 Å². The zero-order valence-corrected chi connectivity index (χ0v) is 70.6. The normalized spacial score (nSPS) is 24.9. The summed E-state index contributed by atoms with van der Waals surface area (Å²) in [6, 6.07) is 6.85. The number of carboxylic acid groups (broad SMARTS) is 1. The molecule has 0 spiro atoms. The van der Waals surface area contributed by atoms with Crippen LogP contribution in [0.15, 0.2) is 115 Å². The Morgan fingerprint density at radius 3 is 1.94 bits per heavy atom. The van der Waals surface area contributed by atoms with Crippen LogP contribution in [-0.4, -0.2) is 211 Å². The highest BCUT2D eigenvalue weighted by atomic mass is 35.5. The number of phenolic OH excluding ortho intramolecular Hbond substituents is 4. The van der Waals surface area contributed by atoms with Crippen LogP contribution in [0.1, 0.15) is 160 Å². The predicted molar refractivity (Wildman–Crippen MR) is 449 cm³/mol. The van der Waals surface area contributed by atoms with Crippen LogP contribution in [0.2, 0.25) is 10.0 Å². The molecule has 8 aliphatic heterocycles. The van der Waals surface area contributed by atoms with Crippen molar-refractivity contribution in [2.24, 2.45) is 5.92 Å². The Bertz CT molecular complexity index is 5260. The third-order valence-corrected chi connectivity index (χ3v) is 23.2. The van der Waals surface area contributed by atoms with Gasteiger partial charge in [0.05, 0.1) is 22.8 Å². The number of carbonyl (C=O) groups excluding carboxylic acids is 8. The van der Waals surface area contributed by atoms with E-state index in [1.165, 1.54) is 55.6 Å². The SMILES string of the molecule is CN[C@H]1C(=O)NC2Cc3ccc(cc3)Oc3cc4cc(c3O[C@@H]3O[C@H](C(=O)O)C(O)[C@H](O)C3NC(=O)CCCCCCCCCC(C)C)Oc3ccc(cc3Cl)[C@@H](O)[C@@H]3NC(=O)[C@H](NC(=O)C4NC(=O)[C@H](NC2=O)c2cc(cc(O)c2Cl)Oc2cc1ccc2O)c1ccc(O)c(c1)-c1c(OC2C[C@@H](O)C(O)CO2)cc(O)cc1C(C(=O)NCCCN(C)C)NC3=O. The van der Waals surface area contributed by atoms with Gasteiger partial charge in [-0.15, -0.1) is 0 Å². The lowest BCUT2D eigenvalue weighted by atomic mass is 9.89. The summed E-state index contributed by atoms with van der Waals surface area (Å²) in [6.07, 6.45) is -9.07. The van der Waals surface area contributed by atoms with E-state index >= 15 is 28.8 Å². The molecule has 15 rings (SSSR count). The first-order valence-corrected chi connectivity index (χ1v) is 42.0. The quantitative estimate of drug-likeness (QED) is 0.0334. The summed E-state index contributed by atoms with van der Waals surface area (Å²) in [5, 5.41) is 139. The van der Waals surface area contributed by atoms with Gasteiger partial charge >= 0.3 is 5.97 Å². The van der Waals surface area contributed by atoms with Gasteiger partial charge in [-0.2, -0.15) is 0 Å². The predicted octanol–water partition coefficient (Wildman–Crippen LogP) is 6.23. The number of aliphatic hydroxyl groups excluding tert-OH is 5. The zero-order valence-electron chi connectivity index (χ0n) is 69.1. The van der Waals surface area contributed by atoms with E-state index in [1.807, 2.05) is 4.90 Å². The number of aliphatic hydroxyl groups is 5. The van der Waals surface area contributed by atoms with Crippen LogP contribution < -0.4 is 71.5 Å². The molecule has 19 N–H and O–H groups in total. The maximum atomic E-state index is 16.8. The summed E-state index contributed by atoms with van der Waals surface area (Å²) in [5.74, 6) is -16.4. The molecule has 7 aromatic carbocycles. The van der Waals surface area contributed by atoms with E-state index in [-0.39, 0.29) is 70.0 Å². The fourth-order valence-corrected chi connectivity index (χ4v) is 16.2. The molecule has 8 amide bonds. The molecular weight excluding hydrogens is 1680 g/mol. The number of amides is 8. The number of benzene rings is 7. The number of rotatable bonds is 22. The molecule has 0 aliphatic carbocycles. The van der Waals surface area contributed by atoms with Crippen molar-refractivity contribution in [3.63, 3.8) is 0 Å². The van der Waals surface area contributed by atoms with Gasteiger partial charge in [0.15, 0.2) is 29.1 Å². The fraction of sp³-hybridized carbons (Fsp3) is 0.420. The molecule has 16 atom stereocenters. The van der Waals surface area contributed by atoms with Gasteiger partial charge in [0, 0.05) is 54.6 Å². The average Bonchev–Trinajstić information content (AvgIpc) is 0.759. The standard InChI is InChI=1S/C88H100Cl2N10O26/c1-40(2)14-11-9-7-6-8-10-12-15-64(107)94-74-76(109)77(110)79(87(118)119)126-88(74)125-78-62-32-45-33-63(78)123-59-25-20-44(30-52(59)89)75(108)73-86(117)98-71(81(112)92-26-13-27-100(4)5)50-34-46(101)35-61(124-65-38-56(104)58(106)39-120-65)66(50)49-29-42(18-23-54(49)102)69(83(114)99-73)95-84(115)70(45)96-85(116)72-51-36-48(37-57(105)67(51)90)122-60-31-43(19-24-55(60)103)68(91-3)82(113)93-53(80(111)97-72)28-41-16-21-47(121-62)22-17-41/h16-25,29-37,40,53,56,58,65,68-77,79,88,91,101-106,108-110H,6-15,26-28,38-39H2,1-5H3,(H,92,112)(H,93,113)(H,94,107)(H,95,115)(H,96,116)(H,97,111)(H,98,117)(H,99,114)(H,118,119)/t53?,56-,58?,65?,68-,69-,70?,71?,72-,73+,74?,75-,76-,77?,79+,88-/m1/s1. The summed E-state index contributed by atoms with van der Waals surface area (Å²) < 4.78 is 44.7. The number of aliphatic carboxylic acids is 1. The van der Waals surface area contributed by atoms with E-state index in [1.54, 1.807) is 14.1 Å². The summed E-state index contributed by atoms with van der Waals surface area (Å²) in [4.78, 5) is 140. The van der Waals surface area contributed by atoms with Gasteiger partial charge in [-0.25, -0.2) is 4.79 Å². The lowest BCUT2D eigenvalue weighted by Gasteiger charge is -2.41. The number of aromatic hydroxyl groups is 4. The smallest absolute Gasteiger partial charge is 0.335 e. The largest absolute Gasteiger partial charge is 0.508 e. The Kier molecular flexibility index (Phi) is 29.3. The molecule has 36 nitrogen and oxygen atoms in total. The summed E-state index contributed by atoms with van der Waals surface area (Å²) in [6.45, 7) is 4.27. The number of phenols is 4. The van der Waals surface area contributed by atoms with Crippen LogP contribution in [0.4, 0.5) is 0 Å². The minimum Gasteiger partial charge on any atom is -0.508 e. The molecule has 7 aromatic rings. The van der Waals surface area contributed by atoms with Crippen molar-refractivity contribution >= 4 is 76.4 Å². The lowest BCUT2D eigenvalue weighted by Crippen LogP contribution is -2.66. The van der Waals surface area contributed by atoms with E-state index in [4.69, 9.17) is 56.4 Å². The number of carboxylic acids is 1. The second-order valence-electron chi connectivity index (χ2n) is 32.5. The molecule has 38 heteroatoms. The first-order chi connectivity index (χ1) is 60.2. The van der Waals surface area contributed by atoms with Crippen molar-refractivity contribution in [1.29, 1.82) is 0 Å². The van der Waals surface area contributed by atoms with Gasteiger partial charge in [0.25, 0.3) is 0 Å². The molecule has 8 heterocycles. The Balaban J connectivity index is 1.03. The third-order valence-electron chi connectivity index (χ3n) is 22.5. The first-order valence-electron chi connectivity index (χ1n) is 41.3. The van der Waals surface area contributed by atoms with Crippen LogP contribution in [0.5, 0.6) is 69.0 Å². The maximum absolute atomic E-state index is 16.8. The Hall–Kier alpha value is -11.8. The van der Waals surface area contributed by atoms with Crippen molar-refractivity contribution in [2.75, 3.05) is 40.8 Å². The molecular formula is C88H100Cl2N10O26. The molecule has 8 aliphatic rings. The minimum absolute atomic E-state index is 0.0335. The third kappa shape index (κ3) is 21.3. The van der Waals surface area contributed by atoms with Crippen LogP contribution in [0.25, 0.3) is 11.1 Å². The van der Waals surface area contributed by atoms with E-state index in [0.717, 1.165) is 105 Å². The second-order valence-corrected chi connectivity index (χ2v) is 33.3. The first kappa shape index (κ1) is 91.9. The van der Waals surface area contributed by atoms with Gasteiger partial charge in [-0.3, -0.25) is 38.4 Å². The minimum atomic E-state index is -2.41. The van der Waals surface area contributed by atoms with E-state index in [2.05, 4.69) is 61.7 Å². The van der Waals surface area contributed by atoms with Crippen molar-refractivity contribution in [2.45, 2.75) is 188 Å². The fourth-order valence-electron chi connectivity index (χ4n) is 15.8. The number of halogens is 2. The van der Waals surface area contributed by atoms with E-state index in [0.29, 0.717) is 37.3 Å². The molecule has 0 radical (unpaired) electrons. The summed E-state index contributed by atoms with van der Waals surface area (Å²) in [7, 11) is 5.02. The van der Waals surface area contributed by atoms with Crippen molar-refractivity contribution < 1.29 is 127 Å². The number of fused-ring (bicyclic) bond motifs is 14. The zero-order chi connectivity index (χ0) is 90.2. The molecule has 2 fully saturated rings. The van der Waals surface area contributed by atoms with Crippen molar-refractivity contribution in [3.8, 4) is 80.1 Å². The van der Waals surface area contributed by atoms with Crippen LogP contribution in [-0.2, 0) is 59.0 Å². The summed E-state index contributed by atoms with van der Waals surface area (Å²) >= 11 is 14.3. The second kappa shape index (κ2) is 40.2. The van der Waals surface area contributed by atoms with Crippen molar-refractivity contribution in [3.05, 3.63) is 164 Å². The Morgan fingerprint density at radius 2 is 1.24 bits per heavy atom. The maximum Gasteiger partial charge on any atom is 0.335 e. The Morgan fingerprint density at radius 1 is 0.587 bits per heavy atom. The number of nitrogens with zero attached hydrogens (tertiary/aromatic N) is 1. The summed E-state index contributed by atoms with van der Waals surface area (Å²) in [5.41, 5.74) is -2.02. The molecule has 0 aromatic heterocycles. The number of unbranched alkanes of at least 4 members (excludes halogenated alkanes) is 6.